The molecule has 3 rings (SSSR count). The highest BCUT2D eigenvalue weighted by Crippen LogP contribution is 2.19. The normalized spacial score (nSPS) is 11.2. The van der Waals surface area contributed by atoms with E-state index in [1.807, 2.05) is 29.0 Å². The Morgan fingerprint density at radius 2 is 2.22 bits per heavy atom. The highest BCUT2D eigenvalue weighted by Gasteiger charge is 2.05. The molecule has 2 aromatic heterocycles. The topological polar surface area (TPSA) is 51.4 Å². The minimum absolute atomic E-state index is 0.687. The predicted molar refractivity (Wildman–Crippen MR) is 72.2 cm³/mol. The highest BCUT2D eigenvalue weighted by atomic mass is 35.5. The molecule has 3 aromatic rings. The minimum atomic E-state index is 0.687. The molecule has 1 N–H and O–H groups in total. The van der Waals surface area contributed by atoms with Crippen LogP contribution in [0.1, 0.15) is 0 Å². The van der Waals surface area contributed by atoms with Gasteiger partial charge in [-0.15, -0.1) is 5.10 Å². The number of hydrogen-bond acceptors (Lipinski definition) is 3. The van der Waals surface area contributed by atoms with Gasteiger partial charge < -0.3 is 9.55 Å². The molecule has 0 fully saturated rings. The van der Waals surface area contributed by atoms with E-state index in [1.165, 1.54) is 0 Å². The van der Waals surface area contributed by atoms with Crippen molar-refractivity contribution in [1.82, 2.24) is 24.5 Å². The molecule has 5 nitrogen and oxygen atoms in total. The summed E-state index contributed by atoms with van der Waals surface area (Å²) in [5.41, 5.74) is 2.00. The van der Waals surface area contributed by atoms with Crippen LogP contribution in [0.4, 0.5) is 0 Å². The number of hydrogen-bond donors (Lipinski definition) is 1. The van der Waals surface area contributed by atoms with Crippen molar-refractivity contribution < 1.29 is 0 Å². The summed E-state index contributed by atoms with van der Waals surface area (Å²) < 4.78 is 4.47. The summed E-state index contributed by atoms with van der Waals surface area (Å²) >= 11 is 11.3. The molecule has 0 saturated heterocycles. The second kappa shape index (κ2) is 4.55. The van der Waals surface area contributed by atoms with Crippen LogP contribution in [0.15, 0.2) is 30.6 Å². The van der Waals surface area contributed by atoms with Gasteiger partial charge >= 0.3 is 0 Å². The van der Waals surface area contributed by atoms with Crippen LogP contribution >= 0.6 is 23.8 Å². The molecular weight excluding hydrogens is 270 g/mol. The molecule has 92 valence electrons. The van der Waals surface area contributed by atoms with E-state index in [1.54, 1.807) is 10.9 Å². The molecule has 0 spiro atoms. The molecule has 18 heavy (non-hydrogen) atoms. The number of aryl methyl sites for hydroxylation is 2. The van der Waals surface area contributed by atoms with Gasteiger partial charge in [0.2, 0.25) is 0 Å². The Hall–Kier alpha value is -1.66. The SMILES string of the molecule is S=c1[nH]c2ccc(Cl)cc2n1CCn1ccnn1. The quantitative estimate of drug-likeness (QED) is 0.750. The molecular formula is C11H10ClN5S. The van der Waals surface area contributed by atoms with Gasteiger partial charge in [-0.05, 0) is 30.4 Å². The Morgan fingerprint density at radius 1 is 1.33 bits per heavy atom. The Bertz CT molecular complexity index is 728. The Balaban J connectivity index is 1.98. The molecule has 0 unspecified atom stereocenters. The summed E-state index contributed by atoms with van der Waals surface area (Å²) in [7, 11) is 0. The molecule has 2 heterocycles. The van der Waals surface area contributed by atoms with E-state index in [2.05, 4.69) is 15.3 Å². The first-order valence-corrected chi connectivity index (χ1v) is 6.25. The van der Waals surface area contributed by atoms with E-state index in [0.717, 1.165) is 17.6 Å². The van der Waals surface area contributed by atoms with Crippen LogP contribution in [0.5, 0.6) is 0 Å². The number of halogens is 1. The number of nitrogens with zero attached hydrogens (tertiary/aromatic N) is 4. The van der Waals surface area contributed by atoms with Crippen molar-refractivity contribution in [2.45, 2.75) is 13.1 Å². The second-order valence-corrected chi connectivity index (χ2v) is 4.73. The lowest BCUT2D eigenvalue weighted by Crippen LogP contribution is -2.08. The van der Waals surface area contributed by atoms with Gasteiger partial charge in [-0.1, -0.05) is 16.8 Å². The fraction of sp³-hybridized carbons (Fsp3) is 0.182. The lowest BCUT2D eigenvalue weighted by atomic mass is 10.3. The van der Waals surface area contributed by atoms with Gasteiger partial charge in [0, 0.05) is 17.8 Å². The average Bonchev–Trinajstić information content (AvgIpc) is 2.94. The number of nitrogens with one attached hydrogen (secondary N) is 1. The lowest BCUT2D eigenvalue weighted by molar-refractivity contribution is 0.523. The third-order valence-electron chi connectivity index (χ3n) is 2.76. The average molecular weight is 280 g/mol. The van der Waals surface area contributed by atoms with E-state index < -0.39 is 0 Å². The zero-order valence-corrected chi connectivity index (χ0v) is 10.9. The van der Waals surface area contributed by atoms with Crippen molar-refractivity contribution in [3.05, 3.63) is 40.4 Å². The fourth-order valence-corrected chi connectivity index (χ4v) is 2.37. The van der Waals surface area contributed by atoms with E-state index in [0.29, 0.717) is 16.3 Å². The first-order valence-electron chi connectivity index (χ1n) is 5.46. The van der Waals surface area contributed by atoms with E-state index in [-0.39, 0.29) is 0 Å². The van der Waals surface area contributed by atoms with E-state index in [9.17, 15) is 0 Å². The minimum Gasteiger partial charge on any atom is -0.331 e. The predicted octanol–water partition coefficient (Wildman–Crippen LogP) is 2.64. The summed E-state index contributed by atoms with van der Waals surface area (Å²) in [6, 6.07) is 5.68. The molecule has 7 heteroatoms. The van der Waals surface area contributed by atoms with Gasteiger partial charge in [-0.25, -0.2) is 0 Å². The van der Waals surface area contributed by atoms with Crippen molar-refractivity contribution >= 4 is 34.9 Å². The molecule has 0 atom stereocenters. The Labute approximate surface area is 113 Å². The van der Waals surface area contributed by atoms with Gasteiger partial charge in [0.15, 0.2) is 4.77 Å². The van der Waals surface area contributed by atoms with Crippen LogP contribution in [0.3, 0.4) is 0 Å². The maximum Gasteiger partial charge on any atom is 0.178 e. The molecule has 0 aliphatic carbocycles. The Kier molecular flexibility index (Phi) is 2.89. The summed E-state index contributed by atoms with van der Waals surface area (Å²) in [5, 5.41) is 8.40. The van der Waals surface area contributed by atoms with Crippen LogP contribution in [0.2, 0.25) is 5.02 Å². The van der Waals surface area contributed by atoms with Crippen molar-refractivity contribution in [2.75, 3.05) is 0 Å². The van der Waals surface area contributed by atoms with Crippen LogP contribution in [0, 0.1) is 4.77 Å². The van der Waals surface area contributed by atoms with Gasteiger partial charge in [0.05, 0.1) is 23.8 Å². The second-order valence-electron chi connectivity index (χ2n) is 3.91. The number of imidazole rings is 1. The van der Waals surface area contributed by atoms with Crippen LogP contribution in [-0.2, 0) is 13.1 Å². The molecule has 0 aliphatic heterocycles. The summed E-state index contributed by atoms with van der Waals surface area (Å²) in [6.07, 6.45) is 3.48. The first-order chi connectivity index (χ1) is 8.74. The maximum atomic E-state index is 6.01. The largest absolute Gasteiger partial charge is 0.331 e. The highest BCUT2D eigenvalue weighted by molar-refractivity contribution is 7.71. The summed E-state index contributed by atoms with van der Waals surface area (Å²) in [4.78, 5) is 3.16. The molecule has 0 aliphatic rings. The van der Waals surface area contributed by atoms with Gasteiger partial charge in [0.25, 0.3) is 0 Å². The molecule has 0 amide bonds. The molecule has 1 aromatic carbocycles. The van der Waals surface area contributed by atoms with Gasteiger partial charge in [0.1, 0.15) is 0 Å². The van der Waals surface area contributed by atoms with Crippen LogP contribution in [-0.4, -0.2) is 24.5 Å². The number of aromatic nitrogens is 5. The van der Waals surface area contributed by atoms with Crippen molar-refractivity contribution in [2.24, 2.45) is 0 Å². The van der Waals surface area contributed by atoms with Crippen LogP contribution in [0.25, 0.3) is 11.0 Å². The van der Waals surface area contributed by atoms with E-state index in [4.69, 9.17) is 23.8 Å². The van der Waals surface area contributed by atoms with Gasteiger partial charge in [-0.3, -0.25) is 4.68 Å². The lowest BCUT2D eigenvalue weighted by Gasteiger charge is -2.04. The molecule has 0 radical (unpaired) electrons. The van der Waals surface area contributed by atoms with Crippen LogP contribution < -0.4 is 0 Å². The van der Waals surface area contributed by atoms with Crippen molar-refractivity contribution in [1.29, 1.82) is 0 Å². The third kappa shape index (κ3) is 2.04. The van der Waals surface area contributed by atoms with Gasteiger partial charge in [-0.2, -0.15) is 0 Å². The van der Waals surface area contributed by atoms with Crippen molar-refractivity contribution in [3.63, 3.8) is 0 Å². The number of H-pyrrole nitrogens is 1. The zero-order valence-electron chi connectivity index (χ0n) is 9.38. The maximum absolute atomic E-state index is 6.01. The first kappa shape index (κ1) is 11.4. The van der Waals surface area contributed by atoms with E-state index >= 15 is 0 Å². The zero-order chi connectivity index (χ0) is 12.5. The fourth-order valence-electron chi connectivity index (χ4n) is 1.90. The molecule has 0 saturated carbocycles. The smallest absolute Gasteiger partial charge is 0.178 e. The monoisotopic (exact) mass is 279 g/mol. The van der Waals surface area contributed by atoms with Crippen molar-refractivity contribution in [3.8, 4) is 0 Å². The number of benzene rings is 1. The number of rotatable bonds is 3. The Morgan fingerprint density at radius 3 is 3.00 bits per heavy atom. The number of aromatic amines is 1. The summed E-state index contributed by atoms with van der Waals surface area (Å²) in [6.45, 7) is 1.44. The third-order valence-corrected chi connectivity index (χ3v) is 3.32. The standard InChI is InChI=1S/C11H10ClN5S/c12-8-1-2-9-10(7-8)17(11(18)14-9)6-5-16-4-3-13-15-16/h1-4,7H,5-6H2,(H,14,18). The summed E-state index contributed by atoms with van der Waals surface area (Å²) in [5.74, 6) is 0. The number of fused-ring (bicyclic) bond motifs is 1. The molecule has 0 bridgehead atoms.